The first kappa shape index (κ1) is 27.3. The average molecular weight is 612 g/mol. The maximum absolute atomic E-state index is 12.6. The number of hydrazone groups is 1. The van der Waals surface area contributed by atoms with Crippen LogP contribution in [-0.2, 0) is 6.61 Å². The molecule has 40 heavy (non-hydrogen) atoms. The molecular formula is C32H27BrN4O2S. The molecule has 5 aromatic rings. The van der Waals surface area contributed by atoms with Gasteiger partial charge in [0.15, 0.2) is 5.13 Å². The number of halogens is 1. The zero-order chi connectivity index (χ0) is 27.9. The van der Waals surface area contributed by atoms with Crippen LogP contribution in [0.3, 0.4) is 0 Å². The highest BCUT2D eigenvalue weighted by atomic mass is 79.9. The van der Waals surface area contributed by atoms with E-state index >= 15 is 0 Å². The molecule has 0 aliphatic rings. The first-order chi connectivity index (χ1) is 19.4. The van der Waals surface area contributed by atoms with Crippen LogP contribution in [0.4, 0.5) is 10.8 Å². The summed E-state index contributed by atoms with van der Waals surface area (Å²) in [5, 5.41) is 10.2. The summed E-state index contributed by atoms with van der Waals surface area (Å²) in [6.45, 7) is 4.60. The van der Waals surface area contributed by atoms with Crippen LogP contribution in [0.25, 0.3) is 11.3 Å². The number of aromatic nitrogens is 1. The van der Waals surface area contributed by atoms with Crippen molar-refractivity contribution in [3.8, 4) is 17.0 Å². The quantitative estimate of drug-likeness (QED) is 0.130. The van der Waals surface area contributed by atoms with E-state index in [0.717, 1.165) is 43.4 Å². The van der Waals surface area contributed by atoms with Crippen molar-refractivity contribution in [2.45, 2.75) is 20.5 Å². The number of nitrogens with one attached hydrogen (secondary N) is 2. The molecule has 0 saturated heterocycles. The van der Waals surface area contributed by atoms with Crippen molar-refractivity contribution in [3.63, 3.8) is 0 Å². The number of hydrogen-bond donors (Lipinski definition) is 2. The maximum atomic E-state index is 12.6. The van der Waals surface area contributed by atoms with Crippen LogP contribution in [0.15, 0.2) is 106 Å². The minimum Gasteiger partial charge on any atom is -0.488 e. The highest BCUT2D eigenvalue weighted by Crippen LogP contribution is 2.28. The normalized spacial score (nSPS) is 11.0. The third-order valence-corrected chi connectivity index (χ3v) is 7.48. The smallest absolute Gasteiger partial charge is 0.271 e. The van der Waals surface area contributed by atoms with Gasteiger partial charge in [0.1, 0.15) is 12.4 Å². The Labute approximate surface area is 245 Å². The van der Waals surface area contributed by atoms with Gasteiger partial charge in [-0.15, -0.1) is 11.3 Å². The number of anilines is 2. The van der Waals surface area contributed by atoms with Crippen molar-refractivity contribution in [2.24, 2.45) is 5.10 Å². The molecule has 0 saturated carbocycles. The van der Waals surface area contributed by atoms with Crippen molar-refractivity contribution in [1.29, 1.82) is 0 Å². The summed E-state index contributed by atoms with van der Waals surface area (Å²) in [5.41, 5.74) is 10.2. The van der Waals surface area contributed by atoms with E-state index in [1.807, 2.05) is 47.8 Å². The Bertz CT molecular complexity index is 1630. The molecule has 0 spiro atoms. The second-order valence-electron chi connectivity index (χ2n) is 9.27. The lowest BCUT2D eigenvalue weighted by Gasteiger charge is -2.09. The summed E-state index contributed by atoms with van der Waals surface area (Å²) < 4.78 is 6.73. The summed E-state index contributed by atoms with van der Waals surface area (Å²) in [7, 11) is 0. The zero-order valence-corrected chi connectivity index (χ0v) is 24.4. The van der Waals surface area contributed by atoms with Crippen molar-refractivity contribution < 1.29 is 9.53 Å². The third-order valence-electron chi connectivity index (χ3n) is 6.10. The van der Waals surface area contributed by atoms with Crippen LogP contribution < -0.4 is 15.5 Å². The number of rotatable bonds is 9. The Morgan fingerprint density at radius 3 is 2.35 bits per heavy atom. The molecule has 2 N–H and O–H groups in total. The predicted octanol–water partition coefficient (Wildman–Crippen LogP) is 8.28. The van der Waals surface area contributed by atoms with Gasteiger partial charge in [-0.3, -0.25) is 4.79 Å². The van der Waals surface area contributed by atoms with Crippen molar-refractivity contribution in [2.75, 3.05) is 5.32 Å². The third kappa shape index (κ3) is 7.22. The fraction of sp³-hybridized carbons (Fsp3) is 0.0938. The molecular weight excluding hydrogens is 584 g/mol. The largest absolute Gasteiger partial charge is 0.488 e. The lowest BCUT2D eigenvalue weighted by molar-refractivity contribution is 0.0955. The number of nitrogens with zero attached hydrogens (tertiary/aromatic N) is 2. The second kappa shape index (κ2) is 12.7. The van der Waals surface area contributed by atoms with Crippen LogP contribution in [0.2, 0.25) is 0 Å². The number of ether oxygens (including phenoxy) is 1. The molecule has 0 aliphatic heterocycles. The van der Waals surface area contributed by atoms with Crippen LogP contribution in [0.1, 0.15) is 32.6 Å². The lowest BCUT2D eigenvalue weighted by atomic mass is 10.1. The Hall–Kier alpha value is -4.27. The molecule has 1 amide bonds. The monoisotopic (exact) mass is 610 g/mol. The van der Waals surface area contributed by atoms with Crippen molar-refractivity contribution >= 4 is 50.2 Å². The molecule has 4 aromatic carbocycles. The molecule has 0 radical (unpaired) electrons. The number of benzene rings is 4. The highest BCUT2D eigenvalue weighted by Gasteiger charge is 2.09. The van der Waals surface area contributed by atoms with E-state index < -0.39 is 0 Å². The molecule has 8 heteroatoms. The van der Waals surface area contributed by atoms with Gasteiger partial charge in [-0.05, 0) is 83.4 Å². The van der Waals surface area contributed by atoms with E-state index in [9.17, 15) is 4.79 Å². The molecule has 0 aliphatic carbocycles. The average Bonchev–Trinajstić information content (AvgIpc) is 3.43. The van der Waals surface area contributed by atoms with Gasteiger partial charge in [0.25, 0.3) is 5.91 Å². The molecule has 0 unspecified atom stereocenters. The summed E-state index contributed by atoms with van der Waals surface area (Å²) >= 11 is 5.09. The Morgan fingerprint density at radius 2 is 1.65 bits per heavy atom. The summed E-state index contributed by atoms with van der Waals surface area (Å²) in [4.78, 5) is 17.3. The first-order valence-electron chi connectivity index (χ1n) is 12.6. The van der Waals surface area contributed by atoms with Gasteiger partial charge in [0, 0.05) is 22.2 Å². The number of carbonyl (C=O) groups is 1. The van der Waals surface area contributed by atoms with E-state index in [1.54, 1.807) is 18.3 Å². The molecule has 200 valence electrons. The fourth-order valence-corrected chi connectivity index (χ4v) is 5.06. The number of aryl methyl sites for hydroxylation is 2. The Morgan fingerprint density at radius 1 is 0.950 bits per heavy atom. The van der Waals surface area contributed by atoms with Gasteiger partial charge in [0.05, 0.1) is 16.4 Å². The minimum atomic E-state index is -0.292. The molecule has 0 fully saturated rings. The van der Waals surface area contributed by atoms with Crippen LogP contribution in [0.5, 0.6) is 5.75 Å². The van der Waals surface area contributed by atoms with Crippen LogP contribution in [-0.4, -0.2) is 17.1 Å². The maximum Gasteiger partial charge on any atom is 0.271 e. The Kier molecular flexibility index (Phi) is 8.68. The fourth-order valence-electron chi connectivity index (χ4n) is 3.81. The van der Waals surface area contributed by atoms with Gasteiger partial charge in [-0.25, -0.2) is 10.4 Å². The van der Waals surface area contributed by atoms with Gasteiger partial charge in [-0.1, -0.05) is 59.7 Å². The van der Waals surface area contributed by atoms with Crippen LogP contribution in [0, 0.1) is 13.8 Å². The summed E-state index contributed by atoms with van der Waals surface area (Å²) in [5.74, 6) is 0.444. The van der Waals surface area contributed by atoms with Crippen molar-refractivity contribution in [3.05, 3.63) is 129 Å². The zero-order valence-electron chi connectivity index (χ0n) is 22.0. The van der Waals surface area contributed by atoms with E-state index in [1.165, 1.54) is 22.5 Å². The standard InChI is InChI=1S/C32H27BrN4O2S/c1-21-3-7-23(8-4-21)19-39-30-16-9-24(17-28(30)33)18-34-37-31(38)26-12-10-25(11-13-26)29-20-40-32(36-29)35-27-14-5-22(2)6-15-27/h3-18,20H,19H2,1-2H3,(H,35,36)(H,37,38)/b34-18-. The molecule has 1 aromatic heterocycles. The Balaban J connectivity index is 1.14. The van der Waals surface area contributed by atoms with Gasteiger partial charge < -0.3 is 10.1 Å². The molecule has 1 heterocycles. The van der Waals surface area contributed by atoms with E-state index in [4.69, 9.17) is 4.74 Å². The van der Waals surface area contributed by atoms with Gasteiger partial charge >= 0.3 is 0 Å². The second-order valence-corrected chi connectivity index (χ2v) is 11.0. The predicted molar refractivity (Wildman–Crippen MR) is 167 cm³/mol. The molecule has 6 nitrogen and oxygen atoms in total. The summed E-state index contributed by atoms with van der Waals surface area (Å²) in [6, 6.07) is 29.4. The van der Waals surface area contributed by atoms with Gasteiger partial charge in [-0.2, -0.15) is 5.10 Å². The molecule has 0 bridgehead atoms. The molecule has 0 atom stereocenters. The van der Waals surface area contributed by atoms with Gasteiger partial charge in [0.2, 0.25) is 0 Å². The van der Waals surface area contributed by atoms with Crippen LogP contribution >= 0.6 is 27.3 Å². The lowest BCUT2D eigenvalue weighted by Crippen LogP contribution is -2.17. The summed E-state index contributed by atoms with van der Waals surface area (Å²) in [6.07, 6.45) is 1.60. The minimum absolute atomic E-state index is 0.292. The number of amides is 1. The topological polar surface area (TPSA) is 75.6 Å². The highest BCUT2D eigenvalue weighted by molar-refractivity contribution is 9.10. The van der Waals surface area contributed by atoms with E-state index in [2.05, 4.69) is 87.0 Å². The number of thiazole rings is 1. The van der Waals surface area contributed by atoms with Crippen molar-refractivity contribution in [1.82, 2.24) is 10.4 Å². The number of hydrogen-bond acceptors (Lipinski definition) is 6. The number of carbonyl (C=O) groups excluding carboxylic acids is 1. The van der Waals surface area contributed by atoms with E-state index in [-0.39, 0.29) is 5.91 Å². The molecule has 5 rings (SSSR count). The SMILES string of the molecule is Cc1ccc(COc2ccc(/C=N\NC(=O)c3ccc(-c4csc(Nc5ccc(C)cc5)n4)cc3)cc2Br)cc1. The van der Waals surface area contributed by atoms with E-state index in [0.29, 0.717) is 12.2 Å². The first-order valence-corrected chi connectivity index (χ1v) is 14.3.